The van der Waals surface area contributed by atoms with Gasteiger partial charge in [-0.1, -0.05) is 0 Å². The van der Waals surface area contributed by atoms with E-state index in [0.717, 1.165) is 33.9 Å². The number of fused-ring (bicyclic) bond motifs is 1. The lowest BCUT2D eigenvalue weighted by Crippen LogP contribution is -2.35. The predicted octanol–water partition coefficient (Wildman–Crippen LogP) is 2.60. The molecule has 0 atom stereocenters. The van der Waals surface area contributed by atoms with Gasteiger partial charge in [-0.3, -0.25) is 4.79 Å². The molecule has 2 N–H and O–H groups in total. The number of rotatable bonds is 2. The maximum Gasteiger partial charge on any atom is 0.219 e. The second-order valence-corrected chi connectivity index (χ2v) is 6.93. The van der Waals surface area contributed by atoms with Gasteiger partial charge in [-0.25, -0.2) is 9.97 Å². The number of nitrogen functional groups attached to an aromatic ring is 1. The SMILES string of the molecule is CC(=O)N1CCc2nc(N)c(C#N)c(-c3cccn3-c3cc(C)ccn3)c2C1. The van der Waals surface area contributed by atoms with Crippen molar-refractivity contribution in [1.82, 2.24) is 19.4 Å². The number of aryl methyl sites for hydroxylation is 1. The summed E-state index contributed by atoms with van der Waals surface area (Å²) < 4.78 is 1.94. The van der Waals surface area contributed by atoms with E-state index in [1.807, 2.05) is 42.0 Å². The number of anilines is 1. The fraction of sp³-hybridized carbons (Fsp3) is 0.238. The minimum absolute atomic E-state index is 0.00247. The molecule has 0 bridgehead atoms. The van der Waals surface area contributed by atoms with Crippen molar-refractivity contribution in [2.45, 2.75) is 26.8 Å². The van der Waals surface area contributed by atoms with Crippen molar-refractivity contribution in [2.24, 2.45) is 0 Å². The van der Waals surface area contributed by atoms with E-state index < -0.39 is 0 Å². The van der Waals surface area contributed by atoms with Crippen molar-refractivity contribution >= 4 is 11.7 Å². The van der Waals surface area contributed by atoms with E-state index in [4.69, 9.17) is 5.73 Å². The zero-order valence-corrected chi connectivity index (χ0v) is 15.8. The van der Waals surface area contributed by atoms with Gasteiger partial charge in [0.25, 0.3) is 0 Å². The molecule has 0 unspecified atom stereocenters. The van der Waals surface area contributed by atoms with Crippen molar-refractivity contribution in [3.8, 4) is 23.1 Å². The second-order valence-electron chi connectivity index (χ2n) is 6.93. The van der Waals surface area contributed by atoms with E-state index in [9.17, 15) is 10.1 Å². The summed E-state index contributed by atoms with van der Waals surface area (Å²) in [6.45, 7) is 4.57. The lowest BCUT2D eigenvalue weighted by atomic mass is 9.93. The molecule has 140 valence electrons. The van der Waals surface area contributed by atoms with Crippen LogP contribution in [0.1, 0.15) is 29.3 Å². The average molecular weight is 372 g/mol. The van der Waals surface area contributed by atoms with Crippen molar-refractivity contribution in [1.29, 1.82) is 5.26 Å². The van der Waals surface area contributed by atoms with Gasteiger partial charge in [0.2, 0.25) is 5.91 Å². The number of carbonyl (C=O) groups is 1. The van der Waals surface area contributed by atoms with Crippen LogP contribution in [0.15, 0.2) is 36.7 Å². The van der Waals surface area contributed by atoms with Crippen LogP contribution in [0.5, 0.6) is 0 Å². The maximum atomic E-state index is 12.0. The average Bonchev–Trinajstić information content (AvgIpc) is 3.15. The summed E-state index contributed by atoms with van der Waals surface area (Å²) in [6.07, 6.45) is 4.28. The van der Waals surface area contributed by atoms with Crippen LogP contribution in [0.4, 0.5) is 5.82 Å². The van der Waals surface area contributed by atoms with Gasteiger partial charge in [-0.15, -0.1) is 0 Å². The molecule has 0 saturated carbocycles. The standard InChI is InChI=1S/C21H20N6O/c1-13-5-7-24-19(10-13)27-8-3-4-18(27)20-15(11-22)21(23)25-17-6-9-26(14(2)28)12-16(17)20/h3-5,7-8,10H,6,9,12H2,1-2H3,(H2,23,25). The van der Waals surface area contributed by atoms with Gasteiger partial charge in [0.1, 0.15) is 23.3 Å². The summed E-state index contributed by atoms with van der Waals surface area (Å²) in [5, 5.41) is 9.80. The Morgan fingerprint density at radius 1 is 1.36 bits per heavy atom. The molecule has 0 aliphatic carbocycles. The molecule has 3 aromatic rings. The Morgan fingerprint density at radius 2 is 2.18 bits per heavy atom. The number of nitrogens with zero attached hydrogens (tertiary/aromatic N) is 5. The Balaban J connectivity index is 1.97. The number of nitrogens with two attached hydrogens (primary N) is 1. The monoisotopic (exact) mass is 372 g/mol. The Kier molecular flexibility index (Phi) is 4.32. The van der Waals surface area contributed by atoms with Gasteiger partial charge in [0.05, 0.1) is 11.4 Å². The lowest BCUT2D eigenvalue weighted by Gasteiger charge is -2.30. The Morgan fingerprint density at radius 3 is 2.89 bits per heavy atom. The third-order valence-electron chi connectivity index (χ3n) is 5.09. The van der Waals surface area contributed by atoms with Gasteiger partial charge in [-0.2, -0.15) is 5.26 Å². The van der Waals surface area contributed by atoms with Crippen LogP contribution < -0.4 is 5.73 Å². The molecule has 1 amide bonds. The van der Waals surface area contributed by atoms with Crippen LogP contribution >= 0.6 is 0 Å². The van der Waals surface area contributed by atoms with Crippen LogP contribution in [0, 0.1) is 18.3 Å². The molecule has 0 fully saturated rings. The second kappa shape index (κ2) is 6.82. The molecular weight excluding hydrogens is 352 g/mol. The molecule has 0 saturated heterocycles. The van der Waals surface area contributed by atoms with Crippen molar-refractivity contribution in [2.75, 3.05) is 12.3 Å². The lowest BCUT2D eigenvalue weighted by molar-refractivity contribution is -0.129. The van der Waals surface area contributed by atoms with E-state index in [-0.39, 0.29) is 11.7 Å². The first-order valence-electron chi connectivity index (χ1n) is 9.07. The first-order valence-corrected chi connectivity index (χ1v) is 9.07. The number of aromatic nitrogens is 3. The third kappa shape index (κ3) is 2.89. The third-order valence-corrected chi connectivity index (χ3v) is 5.09. The predicted molar refractivity (Wildman–Crippen MR) is 105 cm³/mol. The molecule has 4 rings (SSSR count). The summed E-state index contributed by atoms with van der Waals surface area (Å²) in [7, 11) is 0. The Bertz CT molecular complexity index is 1120. The van der Waals surface area contributed by atoms with Crippen molar-refractivity contribution in [3.63, 3.8) is 0 Å². The number of hydrogen-bond donors (Lipinski definition) is 1. The summed E-state index contributed by atoms with van der Waals surface area (Å²) >= 11 is 0. The molecule has 4 heterocycles. The molecule has 0 radical (unpaired) electrons. The molecule has 7 nitrogen and oxygen atoms in total. The fourth-order valence-electron chi connectivity index (χ4n) is 3.68. The van der Waals surface area contributed by atoms with Crippen LogP contribution in [-0.2, 0) is 17.8 Å². The number of nitriles is 1. The fourth-order valence-corrected chi connectivity index (χ4v) is 3.68. The first kappa shape index (κ1) is 17.7. The molecule has 28 heavy (non-hydrogen) atoms. The molecular formula is C21H20N6O. The zero-order valence-electron chi connectivity index (χ0n) is 15.8. The van der Waals surface area contributed by atoms with E-state index in [1.165, 1.54) is 0 Å². The van der Waals surface area contributed by atoms with Gasteiger partial charge < -0.3 is 15.2 Å². The topological polar surface area (TPSA) is 101 Å². The quantitative estimate of drug-likeness (QED) is 0.745. The van der Waals surface area contributed by atoms with Gasteiger partial charge in [0.15, 0.2) is 0 Å². The zero-order chi connectivity index (χ0) is 19.8. The highest BCUT2D eigenvalue weighted by Gasteiger charge is 2.27. The Hall–Kier alpha value is -3.66. The van der Waals surface area contributed by atoms with E-state index >= 15 is 0 Å². The smallest absolute Gasteiger partial charge is 0.219 e. The van der Waals surface area contributed by atoms with Crippen LogP contribution in [0.2, 0.25) is 0 Å². The van der Waals surface area contributed by atoms with E-state index in [1.54, 1.807) is 18.0 Å². The number of carbonyl (C=O) groups excluding carboxylic acids is 1. The highest BCUT2D eigenvalue weighted by Crippen LogP contribution is 2.36. The normalized spacial score (nSPS) is 13.1. The minimum Gasteiger partial charge on any atom is -0.383 e. The van der Waals surface area contributed by atoms with E-state index in [0.29, 0.717) is 25.1 Å². The van der Waals surface area contributed by atoms with Crippen LogP contribution in [0.3, 0.4) is 0 Å². The number of pyridine rings is 2. The summed E-state index contributed by atoms with van der Waals surface area (Å²) in [6, 6.07) is 9.98. The minimum atomic E-state index is 0.00247. The summed E-state index contributed by atoms with van der Waals surface area (Å²) in [4.78, 5) is 22.6. The summed E-state index contributed by atoms with van der Waals surface area (Å²) in [5.41, 5.74) is 10.8. The molecule has 7 heteroatoms. The van der Waals surface area contributed by atoms with Crippen molar-refractivity contribution < 1.29 is 4.79 Å². The van der Waals surface area contributed by atoms with Crippen LogP contribution in [0.25, 0.3) is 17.1 Å². The molecule has 0 spiro atoms. The van der Waals surface area contributed by atoms with Gasteiger partial charge >= 0.3 is 0 Å². The molecule has 1 aliphatic heterocycles. The van der Waals surface area contributed by atoms with Gasteiger partial charge in [0, 0.05) is 50.0 Å². The number of amides is 1. The largest absolute Gasteiger partial charge is 0.383 e. The highest BCUT2D eigenvalue weighted by atomic mass is 16.2. The van der Waals surface area contributed by atoms with Crippen LogP contribution in [-0.4, -0.2) is 31.9 Å². The Labute approximate surface area is 163 Å². The molecule has 1 aliphatic rings. The highest BCUT2D eigenvalue weighted by molar-refractivity contribution is 5.80. The first-order chi connectivity index (χ1) is 13.5. The summed E-state index contributed by atoms with van der Waals surface area (Å²) in [5.74, 6) is 0.979. The van der Waals surface area contributed by atoms with E-state index in [2.05, 4.69) is 16.0 Å². The van der Waals surface area contributed by atoms with Gasteiger partial charge in [-0.05, 0) is 36.8 Å². The molecule has 3 aromatic heterocycles. The van der Waals surface area contributed by atoms with Crippen molar-refractivity contribution in [3.05, 3.63) is 59.0 Å². The maximum absolute atomic E-state index is 12.0. The molecule has 0 aromatic carbocycles. The number of hydrogen-bond acceptors (Lipinski definition) is 5.